The maximum Gasteiger partial charge on any atom is 0.219 e. The Balaban J connectivity index is 3.19. The van der Waals surface area contributed by atoms with Crippen LogP contribution in [0.25, 0.3) is 0 Å². The molecule has 88 valence electrons. The number of primary amides is 1. The SMILES string of the molecule is NC(=O)CC(N)c1cc(F)c(F)c(F)c1F. The maximum absolute atomic E-state index is 13.1. The molecule has 0 aliphatic heterocycles. The van der Waals surface area contributed by atoms with Gasteiger partial charge in [0.05, 0.1) is 0 Å². The predicted octanol–water partition coefficient (Wildman–Crippen LogP) is 1.12. The summed E-state index contributed by atoms with van der Waals surface area (Å²) in [6, 6.07) is -0.913. The molecule has 7 heteroatoms. The van der Waals surface area contributed by atoms with Crippen LogP contribution in [-0.4, -0.2) is 5.91 Å². The van der Waals surface area contributed by atoms with Gasteiger partial charge in [0, 0.05) is 18.0 Å². The quantitative estimate of drug-likeness (QED) is 0.469. The van der Waals surface area contributed by atoms with Gasteiger partial charge in [-0.3, -0.25) is 4.79 Å². The van der Waals surface area contributed by atoms with E-state index in [1.807, 2.05) is 0 Å². The second-order valence-corrected chi connectivity index (χ2v) is 3.17. The van der Waals surface area contributed by atoms with Gasteiger partial charge in [0.25, 0.3) is 0 Å². The molecule has 0 spiro atoms. The van der Waals surface area contributed by atoms with Gasteiger partial charge in [-0.1, -0.05) is 0 Å². The molecule has 0 fully saturated rings. The van der Waals surface area contributed by atoms with Crippen molar-refractivity contribution >= 4 is 5.91 Å². The molecule has 1 atom stereocenters. The van der Waals surface area contributed by atoms with Gasteiger partial charge in [-0.2, -0.15) is 0 Å². The topological polar surface area (TPSA) is 69.1 Å². The van der Waals surface area contributed by atoms with Gasteiger partial charge < -0.3 is 11.5 Å². The summed E-state index contributed by atoms with van der Waals surface area (Å²) in [5.41, 5.74) is 9.44. The van der Waals surface area contributed by atoms with Crippen molar-refractivity contribution in [2.45, 2.75) is 12.5 Å². The number of carbonyl (C=O) groups is 1. The van der Waals surface area contributed by atoms with E-state index in [4.69, 9.17) is 11.5 Å². The van der Waals surface area contributed by atoms with Crippen molar-refractivity contribution in [1.82, 2.24) is 0 Å². The second-order valence-electron chi connectivity index (χ2n) is 3.17. The first-order valence-corrected chi connectivity index (χ1v) is 4.21. The summed E-state index contributed by atoms with van der Waals surface area (Å²) >= 11 is 0. The molecule has 4 N–H and O–H groups in total. The Morgan fingerprint density at radius 3 is 2.25 bits per heavy atom. The lowest BCUT2D eigenvalue weighted by atomic mass is 10.0. The van der Waals surface area contributed by atoms with E-state index in [1.54, 1.807) is 0 Å². The number of benzene rings is 1. The van der Waals surface area contributed by atoms with Crippen LogP contribution in [0.3, 0.4) is 0 Å². The fraction of sp³-hybridized carbons (Fsp3) is 0.222. The molecular weight excluding hydrogens is 228 g/mol. The smallest absolute Gasteiger partial charge is 0.219 e. The molecule has 1 aromatic carbocycles. The lowest BCUT2D eigenvalue weighted by Gasteiger charge is -2.12. The molecule has 1 amide bonds. The minimum atomic E-state index is -1.96. The zero-order valence-corrected chi connectivity index (χ0v) is 7.94. The van der Waals surface area contributed by atoms with E-state index in [-0.39, 0.29) is 0 Å². The molecule has 0 heterocycles. The third-order valence-electron chi connectivity index (χ3n) is 1.95. The van der Waals surface area contributed by atoms with Crippen LogP contribution in [0.1, 0.15) is 18.0 Å². The molecule has 0 bridgehead atoms. The van der Waals surface area contributed by atoms with E-state index < -0.39 is 47.2 Å². The predicted molar refractivity (Wildman–Crippen MR) is 47.0 cm³/mol. The van der Waals surface area contributed by atoms with Gasteiger partial charge in [0.15, 0.2) is 23.3 Å². The van der Waals surface area contributed by atoms with E-state index in [0.29, 0.717) is 6.07 Å². The van der Waals surface area contributed by atoms with Crippen molar-refractivity contribution in [3.63, 3.8) is 0 Å². The second kappa shape index (κ2) is 4.48. The molecule has 1 aromatic rings. The van der Waals surface area contributed by atoms with Crippen LogP contribution in [0, 0.1) is 23.3 Å². The van der Waals surface area contributed by atoms with Gasteiger partial charge in [0.2, 0.25) is 5.91 Å². The number of nitrogens with two attached hydrogens (primary N) is 2. The summed E-state index contributed by atoms with van der Waals surface area (Å²) in [6.45, 7) is 0. The Kier molecular flexibility index (Phi) is 3.48. The monoisotopic (exact) mass is 236 g/mol. The largest absolute Gasteiger partial charge is 0.370 e. The Morgan fingerprint density at radius 2 is 1.75 bits per heavy atom. The van der Waals surface area contributed by atoms with Crippen LogP contribution in [0.15, 0.2) is 6.07 Å². The van der Waals surface area contributed by atoms with Crippen LogP contribution in [-0.2, 0) is 4.79 Å². The zero-order valence-electron chi connectivity index (χ0n) is 7.94. The summed E-state index contributed by atoms with van der Waals surface area (Å²) in [5, 5.41) is 0. The Morgan fingerprint density at radius 1 is 1.19 bits per heavy atom. The van der Waals surface area contributed by atoms with Gasteiger partial charge in [-0.15, -0.1) is 0 Å². The van der Waals surface area contributed by atoms with Crippen molar-refractivity contribution in [2.75, 3.05) is 0 Å². The molecule has 0 aromatic heterocycles. The highest BCUT2D eigenvalue weighted by Gasteiger charge is 2.23. The van der Waals surface area contributed by atoms with Crippen LogP contribution < -0.4 is 11.5 Å². The summed E-state index contributed by atoms with van der Waals surface area (Å²) in [5.74, 6) is -7.94. The Labute approximate surface area is 88.0 Å². The molecule has 16 heavy (non-hydrogen) atoms. The van der Waals surface area contributed by atoms with Gasteiger partial charge in [-0.25, -0.2) is 17.6 Å². The minimum absolute atomic E-state index is 0.404. The van der Waals surface area contributed by atoms with Crippen molar-refractivity contribution in [2.24, 2.45) is 11.5 Å². The Hall–Kier alpha value is -1.63. The molecule has 1 unspecified atom stereocenters. The molecule has 0 radical (unpaired) electrons. The highest BCUT2D eigenvalue weighted by atomic mass is 19.2. The first-order valence-electron chi connectivity index (χ1n) is 4.21. The molecule has 0 aliphatic carbocycles. The van der Waals surface area contributed by atoms with Crippen molar-refractivity contribution in [1.29, 1.82) is 0 Å². The number of amides is 1. The maximum atomic E-state index is 13.1. The van der Waals surface area contributed by atoms with Crippen LogP contribution in [0.2, 0.25) is 0 Å². The standard InChI is InChI=1S/C9H8F4N2O/c10-4-1-3(5(14)2-6(15)16)7(11)9(13)8(4)12/h1,5H,2,14H2,(H2,15,16). The number of halogens is 4. The van der Waals surface area contributed by atoms with E-state index in [9.17, 15) is 22.4 Å². The third-order valence-corrected chi connectivity index (χ3v) is 1.95. The first kappa shape index (κ1) is 12.4. The third kappa shape index (κ3) is 2.30. The van der Waals surface area contributed by atoms with Crippen LogP contribution >= 0.6 is 0 Å². The summed E-state index contributed by atoms with van der Waals surface area (Å²) in [6.07, 6.45) is -0.499. The highest BCUT2D eigenvalue weighted by molar-refractivity contribution is 5.74. The Bertz CT molecular complexity index is 436. The van der Waals surface area contributed by atoms with Crippen molar-refractivity contribution in [3.05, 3.63) is 34.9 Å². The fourth-order valence-electron chi connectivity index (χ4n) is 1.19. The number of carbonyl (C=O) groups excluding carboxylic acids is 1. The average Bonchev–Trinajstić information content (AvgIpc) is 2.19. The number of hydrogen-bond donors (Lipinski definition) is 2. The highest BCUT2D eigenvalue weighted by Crippen LogP contribution is 2.24. The summed E-state index contributed by atoms with van der Waals surface area (Å²) in [4.78, 5) is 10.5. The van der Waals surface area contributed by atoms with E-state index in [2.05, 4.69) is 0 Å². The molecule has 0 saturated heterocycles. The fourth-order valence-corrected chi connectivity index (χ4v) is 1.19. The van der Waals surface area contributed by atoms with Gasteiger partial charge >= 0.3 is 0 Å². The first-order chi connectivity index (χ1) is 7.34. The molecular formula is C9H8F4N2O. The van der Waals surface area contributed by atoms with E-state index in [1.165, 1.54) is 0 Å². The minimum Gasteiger partial charge on any atom is -0.370 e. The lowest BCUT2D eigenvalue weighted by Crippen LogP contribution is -2.22. The van der Waals surface area contributed by atoms with Gasteiger partial charge in [-0.05, 0) is 6.07 Å². The van der Waals surface area contributed by atoms with Crippen molar-refractivity contribution < 1.29 is 22.4 Å². The molecule has 1 rings (SSSR count). The number of rotatable bonds is 3. The molecule has 0 saturated carbocycles. The molecule has 0 aliphatic rings. The number of hydrogen-bond acceptors (Lipinski definition) is 2. The average molecular weight is 236 g/mol. The summed E-state index contributed by atoms with van der Waals surface area (Å²) < 4.78 is 51.3. The lowest BCUT2D eigenvalue weighted by molar-refractivity contribution is -0.118. The summed E-state index contributed by atoms with van der Waals surface area (Å²) in [7, 11) is 0. The molecule has 3 nitrogen and oxygen atoms in total. The van der Waals surface area contributed by atoms with E-state index >= 15 is 0 Å². The van der Waals surface area contributed by atoms with Crippen LogP contribution in [0.5, 0.6) is 0 Å². The van der Waals surface area contributed by atoms with Crippen LogP contribution in [0.4, 0.5) is 17.6 Å². The zero-order chi connectivity index (χ0) is 12.5. The van der Waals surface area contributed by atoms with Gasteiger partial charge in [0.1, 0.15) is 0 Å². The normalized spacial score (nSPS) is 12.6. The van der Waals surface area contributed by atoms with E-state index in [0.717, 1.165) is 0 Å². The van der Waals surface area contributed by atoms with Crippen molar-refractivity contribution in [3.8, 4) is 0 Å².